The highest BCUT2D eigenvalue weighted by Gasteiger charge is 2.19. The summed E-state index contributed by atoms with van der Waals surface area (Å²) < 4.78 is 26.9. The summed E-state index contributed by atoms with van der Waals surface area (Å²) in [6.45, 7) is 3.67. The number of aryl methyl sites for hydroxylation is 2. The number of carboxylic acid groups (broad SMARTS) is 1. The minimum absolute atomic E-state index is 0.00802. The highest BCUT2D eigenvalue weighted by molar-refractivity contribution is 7.94. The lowest BCUT2D eigenvalue weighted by atomic mass is 10.1. The summed E-state index contributed by atoms with van der Waals surface area (Å²) in [7, 11) is -3.76. The van der Waals surface area contributed by atoms with Crippen molar-refractivity contribution in [2.75, 3.05) is 4.72 Å². The van der Waals surface area contributed by atoms with Gasteiger partial charge in [0.25, 0.3) is 10.0 Å². The van der Waals surface area contributed by atoms with Gasteiger partial charge in [-0.15, -0.1) is 11.3 Å². The third-order valence-corrected chi connectivity index (χ3v) is 5.62. The second kappa shape index (κ2) is 5.26. The van der Waals surface area contributed by atoms with Gasteiger partial charge >= 0.3 is 5.97 Å². The Balaban J connectivity index is 2.35. The molecule has 106 valence electrons. The van der Waals surface area contributed by atoms with Crippen LogP contribution >= 0.6 is 11.3 Å². The fourth-order valence-electron chi connectivity index (χ4n) is 1.62. The molecule has 0 saturated carbocycles. The smallest absolute Gasteiger partial charge is 0.345 e. The minimum atomic E-state index is -3.76. The predicted molar refractivity (Wildman–Crippen MR) is 78.0 cm³/mol. The molecule has 0 amide bonds. The number of benzene rings is 1. The van der Waals surface area contributed by atoms with E-state index in [1.54, 1.807) is 13.0 Å². The van der Waals surface area contributed by atoms with Gasteiger partial charge < -0.3 is 5.11 Å². The van der Waals surface area contributed by atoms with Gasteiger partial charge in [0.1, 0.15) is 9.09 Å². The first kappa shape index (κ1) is 14.5. The van der Waals surface area contributed by atoms with Crippen LogP contribution in [0.25, 0.3) is 0 Å². The monoisotopic (exact) mass is 311 g/mol. The predicted octanol–water partition coefficient (Wildman–Crippen LogP) is 2.86. The zero-order valence-corrected chi connectivity index (χ0v) is 12.5. The van der Waals surface area contributed by atoms with Crippen molar-refractivity contribution in [3.05, 3.63) is 46.3 Å². The van der Waals surface area contributed by atoms with Gasteiger partial charge in [-0.05, 0) is 43.2 Å². The van der Waals surface area contributed by atoms with Crippen molar-refractivity contribution in [1.29, 1.82) is 0 Å². The maximum absolute atomic E-state index is 12.2. The van der Waals surface area contributed by atoms with Gasteiger partial charge in [0.2, 0.25) is 0 Å². The van der Waals surface area contributed by atoms with E-state index in [1.165, 1.54) is 12.1 Å². The Morgan fingerprint density at radius 3 is 2.50 bits per heavy atom. The number of carbonyl (C=O) groups is 1. The molecule has 0 saturated heterocycles. The highest BCUT2D eigenvalue weighted by atomic mass is 32.2. The van der Waals surface area contributed by atoms with E-state index in [0.717, 1.165) is 22.5 Å². The fourth-order valence-corrected chi connectivity index (χ4v) is 3.89. The van der Waals surface area contributed by atoms with Crippen LogP contribution in [0.15, 0.2) is 34.5 Å². The fraction of sp³-hybridized carbons (Fsp3) is 0.154. The molecule has 2 rings (SSSR count). The number of hydrogen-bond acceptors (Lipinski definition) is 4. The normalized spacial score (nSPS) is 11.3. The van der Waals surface area contributed by atoms with Crippen molar-refractivity contribution in [2.24, 2.45) is 0 Å². The minimum Gasteiger partial charge on any atom is -0.477 e. The van der Waals surface area contributed by atoms with Crippen molar-refractivity contribution in [3.63, 3.8) is 0 Å². The average molecular weight is 311 g/mol. The van der Waals surface area contributed by atoms with Crippen LogP contribution in [0.1, 0.15) is 20.8 Å². The lowest BCUT2D eigenvalue weighted by Crippen LogP contribution is -2.12. The van der Waals surface area contributed by atoms with E-state index < -0.39 is 16.0 Å². The zero-order valence-electron chi connectivity index (χ0n) is 10.9. The average Bonchev–Trinajstić information content (AvgIpc) is 2.84. The largest absolute Gasteiger partial charge is 0.477 e. The highest BCUT2D eigenvalue weighted by Crippen LogP contribution is 2.25. The molecule has 0 spiro atoms. The van der Waals surface area contributed by atoms with Crippen LogP contribution in [0.4, 0.5) is 5.69 Å². The third kappa shape index (κ3) is 3.00. The van der Waals surface area contributed by atoms with E-state index >= 15 is 0 Å². The molecule has 1 aromatic heterocycles. The maximum atomic E-state index is 12.2. The van der Waals surface area contributed by atoms with E-state index in [1.807, 2.05) is 19.1 Å². The van der Waals surface area contributed by atoms with Crippen LogP contribution < -0.4 is 4.72 Å². The Morgan fingerprint density at radius 1 is 1.20 bits per heavy atom. The summed E-state index contributed by atoms with van der Waals surface area (Å²) in [5.41, 5.74) is 2.23. The summed E-state index contributed by atoms with van der Waals surface area (Å²) in [6, 6.07) is 8.02. The molecule has 1 aromatic carbocycles. The van der Waals surface area contributed by atoms with Gasteiger partial charge in [0, 0.05) is 0 Å². The number of anilines is 1. The molecule has 20 heavy (non-hydrogen) atoms. The molecule has 1 heterocycles. The molecule has 0 fully saturated rings. The SMILES string of the molecule is Cc1ccc(C)c(NS(=O)(=O)c2ccc(C(=O)O)s2)c1. The van der Waals surface area contributed by atoms with E-state index in [0.29, 0.717) is 5.69 Å². The molecular weight excluding hydrogens is 298 g/mol. The van der Waals surface area contributed by atoms with Gasteiger partial charge in [-0.2, -0.15) is 0 Å². The van der Waals surface area contributed by atoms with Gasteiger partial charge in [0.05, 0.1) is 5.69 Å². The van der Waals surface area contributed by atoms with Crippen LogP contribution in [0, 0.1) is 13.8 Å². The molecule has 0 atom stereocenters. The molecule has 0 aliphatic rings. The van der Waals surface area contributed by atoms with Crippen LogP contribution in [0.3, 0.4) is 0 Å². The van der Waals surface area contributed by atoms with Crippen LogP contribution in [-0.4, -0.2) is 19.5 Å². The van der Waals surface area contributed by atoms with E-state index in [9.17, 15) is 13.2 Å². The standard InChI is InChI=1S/C13H13NO4S2/c1-8-3-4-9(2)10(7-8)14-20(17,18)12-6-5-11(19-12)13(15)16/h3-7,14H,1-2H3,(H,15,16). The van der Waals surface area contributed by atoms with E-state index in [4.69, 9.17) is 5.11 Å². The van der Waals surface area contributed by atoms with Crippen LogP contribution in [0.2, 0.25) is 0 Å². The Bertz CT molecular complexity index is 762. The molecular formula is C13H13NO4S2. The lowest BCUT2D eigenvalue weighted by molar-refractivity contribution is 0.0702. The number of carboxylic acids is 1. The first-order valence-corrected chi connectivity index (χ1v) is 8.03. The quantitative estimate of drug-likeness (QED) is 0.909. The molecule has 0 bridgehead atoms. The topological polar surface area (TPSA) is 83.5 Å². The van der Waals surface area contributed by atoms with Crippen LogP contribution in [0.5, 0.6) is 0 Å². The molecule has 0 radical (unpaired) electrons. The van der Waals surface area contributed by atoms with Crippen molar-refractivity contribution < 1.29 is 18.3 Å². The van der Waals surface area contributed by atoms with E-state index in [2.05, 4.69) is 4.72 Å². The second-order valence-corrected chi connectivity index (χ2v) is 7.34. The van der Waals surface area contributed by atoms with Gasteiger partial charge in [0.15, 0.2) is 0 Å². The third-order valence-electron chi connectivity index (χ3n) is 2.69. The Hall–Kier alpha value is -1.86. The molecule has 0 aliphatic heterocycles. The molecule has 5 nitrogen and oxygen atoms in total. The Labute approximate surface area is 120 Å². The number of aromatic carboxylic acids is 1. The lowest BCUT2D eigenvalue weighted by Gasteiger charge is -2.10. The number of rotatable bonds is 4. The van der Waals surface area contributed by atoms with Gasteiger partial charge in [-0.25, -0.2) is 13.2 Å². The molecule has 0 unspecified atom stereocenters. The van der Waals surface area contributed by atoms with Crippen molar-refractivity contribution in [3.8, 4) is 0 Å². The van der Waals surface area contributed by atoms with Gasteiger partial charge in [-0.1, -0.05) is 12.1 Å². The zero-order chi connectivity index (χ0) is 14.9. The van der Waals surface area contributed by atoms with Crippen molar-refractivity contribution >= 4 is 33.0 Å². The number of hydrogen-bond donors (Lipinski definition) is 2. The van der Waals surface area contributed by atoms with Crippen LogP contribution in [-0.2, 0) is 10.0 Å². The number of thiophene rings is 1. The molecule has 7 heteroatoms. The summed E-state index contributed by atoms with van der Waals surface area (Å²) in [6.07, 6.45) is 0. The Morgan fingerprint density at radius 2 is 1.90 bits per heavy atom. The summed E-state index contributed by atoms with van der Waals surface area (Å²) in [4.78, 5) is 10.8. The second-order valence-electron chi connectivity index (χ2n) is 4.35. The molecule has 0 aliphatic carbocycles. The summed E-state index contributed by atoms with van der Waals surface area (Å²) in [5.74, 6) is -1.14. The van der Waals surface area contributed by atoms with Crippen molar-refractivity contribution in [1.82, 2.24) is 0 Å². The number of nitrogens with one attached hydrogen (secondary N) is 1. The number of sulfonamides is 1. The first-order valence-electron chi connectivity index (χ1n) is 5.73. The molecule has 2 aromatic rings. The summed E-state index contributed by atoms with van der Waals surface area (Å²) in [5, 5.41) is 8.83. The van der Waals surface area contributed by atoms with E-state index in [-0.39, 0.29) is 9.09 Å². The summed E-state index contributed by atoms with van der Waals surface area (Å²) >= 11 is 0.727. The van der Waals surface area contributed by atoms with Crippen molar-refractivity contribution in [2.45, 2.75) is 18.1 Å². The first-order chi connectivity index (χ1) is 9.29. The molecule has 2 N–H and O–H groups in total. The maximum Gasteiger partial charge on any atom is 0.345 e. The Kier molecular flexibility index (Phi) is 3.82. The van der Waals surface area contributed by atoms with Gasteiger partial charge in [-0.3, -0.25) is 4.72 Å².